The molecule has 0 bridgehead atoms. The van der Waals surface area contributed by atoms with Crippen molar-refractivity contribution >= 4 is 22.6 Å². The van der Waals surface area contributed by atoms with Crippen LogP contribution in [0.4, 0.5) is 5.82 Å². The zero-order valence-corrected chi connectivity index (χ0v) is 16.9. The van der Waals surface area contributed by atoms with E-state index in [1.54, 1.807) is 23.3 Å². The molecular weight excluding hydrogens is 366 g/mol. The lowest BCUT2D eigenvalue weighted by atomic mass is 10.1. The van der Waals surface area contributed by atoms with E-state index < -0.39 is 0 Å². The number of imidazole rings is 1. The van der Waals surface area contributed by atoms with Crippen LogP contribution in [-0.4, -0.2) is 35.2 Å². The van der Waals surface area contributed by atoms with Crippen molar-refractivity contribution in [3.63, 3.8) is 0 Å². The number of carbonyl (C=O) groups excluding carboxylic acids is 1. The summed E-state index contributed by atoms with van der Waals surface area (Å²) >= 11 is 0. The number of nitrogens with one attached hydrogen (secondary N) is 1. The minimum atomic E-state index is -0.245. The van der Waals surface area contributed by atoms with Crippen molar-refractivity contribution < 1.29 is 4.79 Å². The molecule has 0 fully saturated rings. The van der Waals surface area contributed by atoms with Gasteiger partial charge in [-0.05, 0) is 39.8 Å². The first-order chi connectivity index (χ1) is 13.9. The van der Waals surface area contributed by atoms with Gasteiger partial charge in [0.1, 0.15) is 5.82 Å². The van der Waals surface area contributed by atoms with Crippen LogP contribution < -0.4 is 5.32 Å². The van der Waals surface area contributed by atoms with E-state index in [2.05, 4.69) is 43.8 Å². The molecule has 0 saturated heterocycles. The van der Waals surface area contributed by atoms with E-state index in [1.807, 2.05) is 44.7 Å². The summed E-state index contributed by atoms with van der Waals surface area (Å²) in [6.45, 7) is 8.24. The molecule has 8 nitrogen and oxygen atoms in total. The molecule has 1 N–H and O–H groups in total. The fourth-order valence-corrected chi connectivity index (χ4v) is 3.11. The summed E-state index contributed by atoms with van der Waals surface area (Å²) in [5.74, 6) is 0.224. The van der Waals surface area contributed by atoms with Crippen molar-refractivity contribution in [3.8, 4) is 11.3 Å². The van der Waals surface area contributed by atoms with Gasteiger partial charge in [-0.25, -0.2) is 9.97 Å². The van der Waals surface area contributed by atoms with Gasteiger partial charge in [0.25, 0.3) is 5.91 Å². The number of aromatic nitrogens is 6. The smallest absolute Gasteiger partial charge is 0.260 e. The van der Waals surface area contributed by atoms with Gasteiger partial charge in [0.15, 0.2) is 0 Å². The number of rotatable bonds is 5. The fourth-order valence-electron chi connectivity index (χ4n) is 3.11. The number of nitrogens with zero attached hydrogens (tertiary/aromatic N) is 6. The number of anilines is 1. The van der Waals surface area contributed by atoms with Crippen LogP contribution in [0.2, 0.25) is 0 Å². The maximum absolute atomic E-state index is 12.5. The zero-order valence-electron chi connectivity index (χ0n) is 16.9. The number of amides is 1. The Bertz CT molecular complexity index is 1170. The van der Waals surface area contributed by atoms with Gasteiger partial charge < -0.3 is 9.88 Å². The minimum absolute atomic E-state index is 0.194. The molecular formula is C21H23N7O. The van der Waals surface area contributed by atoms with E-state index in [9.17, 15) is 4.79 Å². The Morgan fingerprint density at radius 3 is 2.55 bits per heavy atom. The number of hydrogen-bond donors (Lipinski definition) is 1. The molecule has 0 unspecified atom stereocenters. The highest BCUT2D eigenvalue weighted by Gasteiger charge is 2.13. The van der Waals surface area contributed by atoms with Gasteiger partial charge in [0.05, 0.1) is 41.7 Å². The third-order valence-corrected chi connectivity index (χ3v) is 4.72. The predicted octanol–water partition coefficient (Wildman–Crippen LogP) is 4.10. The van der Waals surface area contributed by atoms with Crippen LogP contribution in [0.5, 0.6) is 0 Å². The Labute approximate surface area is 168 Å². The Morgan fingerprint density at radius 1 is 1.00 bits per heavy atom. The highest BCUT2D eigenvalue weighted by Crippen LogP contribution is 2.25. The Kier molecular flexibility index (Phi) is 4.84. The molecule has 0 aliphatic carbocycles. The normalized spacial score (nSPS) is 11.5. The van der Waals surface area contributed by atoms with Crippen LogP contribution in [0.25, 0.3) is 22.2 Å². The van der Waals surface area contributed by atoms with Crippen molar-refractivity contribution in [2.24, 2.45) is 0 Å². The molecule has 1 amide bonds. The van der Waals surface area contributed by atoms with Gasteiger partial charge in [-0.1, -0.05) is 0 Å². The van der Waals surface area contributed by atoms with Gasteiger partial charge in [-0.3, -0.25) is 14.5 Å². The average Bonchev–Trinajstić information content (AvgIpc) is 3.37. The van der Waals surface area contributed by atoms with E-state index in [1.165, 1.54) is 0 Å². The van der Waals surface area contributed by atoms with Gasteiger partial charge >= 0.3 is 0 Å². The first kappa shape index (κ1) is 18.8. The van der Waals surface area contributed by atoms with Crippen LogP contribution in [0.15, 0.2) is 49.4 Å². The molecule has 0 aliphatic rings. The van der Waals surface area contributed by atoms with Crippen LogP contribution in [0, 0.1) is 0 Å². The summed E-state index contributed by atoms with van der Waals surface area (Å²) in [5.41, 5.74) is 3.21. The topological polar surface area (TPSA) is 90.5 Å². The van der Waals surface area contributed by atoms with Crippen LogP contribution in [0.3, 0.4) is 0 Å². The van der Waals surface area contributed by atoms with E-state index in [-0.39, 0.29) is 11.9 Å². The van der Waals surface area contributed by atoms with Crippen molar-refractivity contribution in [1.29, 1.82) is 0 Å². The molecule has 4 rings (SSSR count). The van der Waals surface area contributed by atoms with E-state index in [0.29, 0.717) is 17.4 Å². The summed E-state index contributed by atoms with van der Waals surface area (Å²) in [5, 5.41) is 7.94. The zero-order chi connectivity index (χ0) is 20.5. The van der Waals surface area contributed by atoms with E-state index in [4.69, 9.17) is 0 Å². The average molecular weight is 389 g/mol. The molecule has 0 radical (unpaired) electrons. The second-order valence-electron chi connectivity index (χ2n) is 7.52. The summed E-state index contributed by atoms with van der Waals surface area (Å²) in [4.78, 5) is 25.6. The first-order valence-electron chi connectivity index (χ1n) is 9.56. The molecule has 29 heavy (non-hydrogen) atoms. The van der Waals surface area contributed by atoms with Crippen molar-refractivity contribution in [2.45, 2.75) is 39.8 Å². The van der Waals surface area contributed by atoms with Crippen LogP contribution in [-0.2, 0) is 0 Å². The summed E-state index contributed by atoms with van der Waals surface area (Å²) < 4.78 is 3.84. The number of hydrogen-bond acceptors (Lipinski definition) is 5. The molecule has 4 aromatic heterocycles. The first-order valence-corrected chi connectivity index (χ1v) is 9.56. The Hall–Kier alpha value is -3.55. The van der Waals surface area contributed by atoms with Gasteiger partial charge in [-0.15, -0.1) is 0 Å². The van der Waals surface area contributed by atoms with Crippen molar-refractivity contribution in [1.82, 2.24) is 29.3 Å². The van der Waals surface area contributed by atoms with Crippen LogP contribution >= 0.6 is 0 Å². The summed E-state index contributed by atoms with van der Waals surface area (Å²) in [6.07, 6.45) is 10.4. The summed E-state index contributed by atoms with van der Waals surface area (Å²) in [6, 6.07) is 4.35. The molecule has 8 heteroatoms. The lowest BCUT2D eigenvalue weighted by Crippen LogP contribution is -2.12. The molecule has 0 saturated carbocycles. The fraction of sp³-hybridized carbons (Fsp3) is 0.286. The second-order valence-corrected chi connectivity index (χ2v) is 7.52. The maximum Gasteiger partial charge on any atom is 0.260 e. The standard InChI is InChI=1S/C21H23N7O/c1-13(2)27-12-22-10-19(27)16-5-15-6-20(24-9-18(15)23-7-16)26-21(29)17-8-25-28(11-17)14(3)4/h5-14H,1-4H3,(H,24,26,29). The second kappa shape index (κ2) is 7.46. The quantitative estimate of drug-likeness (QED) is 0.555. The third-order valence-electron chi connectivity index (χ3n) is 4.72. The molecule has 148 valence electrons. The van der Waals surface area contributed by atoms with Crippen LogP contribution in [0.1, 0.15) is 50.1 Å². The van der Waals surface area contributed by atoms with Gasteiger partial charge in [-0.2, -0.15) is 5.10 Å². The molecule has 0 aromatic carbocycles. The highest BCUT2D eigenvalue weighted by molar-refractivity contribution is 6.04. The van der Waals surface area contributed by atoms with E-state index >= 15 is 0 Å². The molecule has 0 atom stereocenters. The lowest BCUT2D eigenvalue weighted by molar-refractivity contribution is 0.102. The predicted molar refractivity (Wildman–Crippen MR) is 112 cm³/mol. The molecule has 4 aromatic rings. The molecule has 4 heterocycles. The Morgan fingerprint density at radius 2 is 1.83 bits per heavy atom. The van der Waals surface area contributed by atoms with Gasteiger partial charge in [0.2, 0.25) is 0 Å². The maximum atomic E-state index is 12.5. The highest BCUT2D eigenvalue weighted by atomic mass is 16.1. The third kappa shape index (κ3) is 3.73. The lowest BCUT2D eigenvalue weighted by Gasteiger charge is -2.12. The molecule has 0 aliphatic heterocycles. The van der Waals surface area contributed by atoms with Crippen molar-refractivity contribution in [2.75, 3.05) is 5.32 Å². The SMILES string of the molecule is CC(C)n1cc(C(=O)Nc2cc3cc(-c4cncn4C(C)C)cnc3cn2)cn1. The number of fused-ring (bicyclic) bond motifs is 1. The van der Waals surface area contributed by atoms with E-state index in [0.717, 1.165) is 22.2 Å². The Balaban J connectivity index is 1.62. The minimum Gasteiger partial charge on any atom is -0.328 e. The molecule has 0 spiro atoms. The summed E-state index contributed by atoms with van der Waals surface area (Å²) in [7, 11) is 0. The monoisotopic (exact) mass is 389 g/mol. The largest absolute Gasteiger partial charge is 0.328 e. The number of pyridine rings is 2. The van der Waals surface area contributed by atoms with Crippen molar-refractivity contribution in [3.05, 3.63) is 55.0 Å². The van der Waals surface area contributed by atoms with Gasteiger partial charge in [0, 0.05) is 35.4 Å². The number of carbonyl (C=O) groups is 1.